The molecule has 1 aliphatic heterocycles. The average Bonchev–Trinajstić information content (AvgIpc) is 1.98. The van der Waals surface area contributed by atoms with Crippen LogP contribution in [0.3, 0.4) is 0 Å². The lowest BCUT2D eigenvalue weighted by Crippen LogP contribution is -2.13. The van der Waals surface area contributed by atoms with Gasteiger partial charge in [-0.3, -0.25) is 10.8 Å². The highest BCUT2D eigenvalue weighted by Crippen LogP contribution is 1.94. The molecule has 1 aliphatic rings. The van der Waals surface area contributed by atoms with Crippen molar-refractivity contribution in [3.8, 4) is 0 Å². The minimum absolute atomic E-state index is 0.345. The first-order valence-electron chi connectivity index (χ1n) is 2.02. The van der Waals surface area contributed by atoms with E-state index in [0.717, 1.165) is 5.04 Å². The molecule has 8 heavy (non-hydrogen) atoms. The highest BCUT2D eigenvalue weighted by atomic mass is 32.8. The second-order valence-electron chi connectivity index (χ2n) is 1.34. The maximum Gasteiger partial charge on any atom is 0.184 e. The lowest BCUT2D eigenvalue weighted by atomic mass is 10.9. The highest BCUT2D eigenvalue weighted by molar-refractivity contribution is 8.45. The van der Waals surface area contributed by atoms with Crippen molar-refractivity contribution in [3.63, 3.8) is 0 Å². The van der Waals surface area contributed by atoms with E-state index in [1.54, 1.807) is 0 Å². The minimum atomic E-state index is -0.457. The molecule has 1 atom stereocenters. The normalized spacial score (nSPS) is 27.4. The van der Waals surface area contributed by atoms with Crippen LogP contribution in [0.1, 0.15) is 6.92 Å². The van der Waals surface area contributed by atoms with Gasteiger partial charge in [-0.1, -0.05) is 0 Å². The van der Waals surface area contributed by atoms with E-state index < -0.39 is 9.45 Å². The van der Waals surface area contributed by atoms with Crippen LogP contribution in [-0.2, 0) is 20.6 Å². The third kappa shape index (κ3) is 0.784. The molecule has 0 amide bonds. The topological polar surface area (TPSA) is 48.2 Å². The minimum Gasteiger partial charge on any atom is -0.277 e. The second kappa shape index (κ2) is 1.91. The molecule has 1 rings (SSSR count). The van der Waals surface area contributed by atoms with E-state index in [-0.39, 0.29) is 0 Å². The van der Waals surface area contributed by atoms with Gasteiger partial charge in [0.15, 0.2) is 5.17 Å². The summed E-state index contributed by atoms with van der Waals surface area (Å²) in [7, 11) is -0.457. The zero-order valence-corrected chi connectivity index (χ0v) is 5.90. The van der Waals surface area contributed by atoms with Crippen molar-refractivity contribution in [3.05, 3.63) is 0 Å². The molecular weight excluding hydrogens is 142 g/mol. The summed E-state index contributed by atoms with van der Waals surface area (Å²) in [6.45, 7) is 1.82. The van der Waals surface area contributed by atoms with Crippen molar-refractivity contribution in [2.24, 2.45) is 5.10 Å². The Bertz CT molecular complexity index is 183. The Morgan fingerprint density at radius 3 is 2.62 bits per heavy atom. The number of amidine groups is 1. The van der Waals surface area contributed by atoms with Crippen LogP contribution in [0.2, 0.25) is 0 Å². The van der Waals surface area contributed by atoms with E-state index in [2.05, 4.69) is 10.5 Å². The fraction of sp³-hybridized carbons (Fsp3) is 0.333. The first-order chi connectivity index (χ1) is 3.72. The predicted octanol–water partition coefficient (Wildman–Crippen LogP) is -0.0620. The zero-order valence-electron chi connectivity index (χ0n) is 4.26. The fourth-order valence-corrected chi connectivity index (χ4v) is 1.14. The van der Waals surface area contributed by atoms with E-state index >= 15 is 0 Å². The standard InChI is InChI=1S/C3H5N3S2/c1-2-5-6-3(4)8(2)7/h1H3,(H2,4,6). The van der Waals surface area contributed by atoms with Crippen molar-refractivity contribution < 1.29 is 0 Å². The summed E-state index contributed by atoms with van der Waals surface area (Å²) in [6, 6.07) is 0. The van der Waals surface area contributed by atoms with Crippen LogP contribution in [0.25, 0.3) is 0 Å². The number of hydrogen-bond acceptors (Lipinski definition) is 3. The lowest BCUT2D eigenvalue weighted by molar-refractivity contribution is 1.05. The molecule has 1 unspecified atom stereocenters. The van der Waals surface area contributed by atoms with Crippen molar-refractivity contribution >= 4 is 30.9 Å². The Kier molecular flexibility index (Phi) is 1.39. The third-order valence-corrected chi connectivity index (χ3v) is 3.08. The van der Waals surface area contributed by atoms with Crippen molar-refractivity contribution in [2.75, 3.05) is 0 Å². The van der Waals surface area contributed by atoms with Gasteiger partial charge in [0.1, 0.15) is 5.04 Å². The molecule has 2 N–H and O–H groups in total. The van der Waals surface area contributed by atoms with Gasteiger partial charge in [0, 0.05) is 0 Å². The molecule has 3 nitrogen and oxygen atoms in total. The van der Waals surface area contributed by atoms with Crippen LogP contribution in [0, 0.1) is 5.41 Å². The summed E-state index contributed by atoms with van der Waals surface area (Å²) in [4.78, 5) is 0. The molecule has 0 fully saturated rings. The van der Waals surface area contributed by atoms with Crippen LogP contribution in [-0.4, -0.2) is 10.2 Å². The maximum atomic E-state index is 7.07. The molecule has 0 aromatic carbocycles. The molecule has 0 saturated carbocycles. The average molecular weight is 147 g/mol. The van der Waals surface area contributed by atoms with Gasteiger partial charge in [0.25, 0.3) is 0 Å². The second-order valence-corrected chi connectivity index (χ2v) is 3.88. The van der Waals surface area contributed by atoms with Crippen LogP contribution in [0.5, 0.6) is 0 Å². The van der Waals surface area contributed by atoms with Crippen LogP contribution in [0.4, 0.5) is 0 Å². The summed E-state index contributed by atoms with van der Waals surface area (Å²) < 4.78 is 0. The van der Waals surface area contributed by atoms with Crippen molar-refractivity contribution in [1.29, 1.82) is 5.41 Å². The Hall–Kier alpha value is -0.290. The first kappa shape index (κ1) is 5.84. The van der Waals surface area contributed by atoms with Crippen LogP contribution in [0.15, 0.2) is 5.10 Å². The van der Waals surface area contributed by atoms with Crippen molar-refractivity contribution in [1.82, 2.24) is 5.43 Å². The molecule has 44 valence electrons. The monoisotopic (exact) mass is 147 g/mol. The molecular formula is C3H5N3S2. The fourth-order valence-electron chi connectivity index (χ4n) is 0.360. The van der Waals surface area contributed by atoms with E-state index in [1.165, 1.54) is 0 Å². The molecule has 0 saturated heterocycles. The van der Waals surface area contributed by atoms with Gasteiger partial charge in [0.2, 0.25) is 0 Å². The van der Waals surface area contributed by atoms with Crippen LogP contribution < -0.4 is 5.43 Å². The van der Waals surface area contributed by atoms with E-state index in [4.69, 9.17) is 16.6 Å². The SMILES string of the molecule is CC1=NNC(=N)S1=S. The number of nitrogens with one attached hydrogen (secondary N) is 2. The van der Waals surface area contributed by atoms with Crippen LogP contribution >= 0.6 is 0 Å². The number of rotatable bonds is 0. The molecule has 0 bridgehead atoms. The third-order valence-electron chi connectivity index (χ3n) is 0.769. The molecule has 5 heteroatoms. The Labute approximate surface area is 54.3 Å². The number of nitrogens with zero attached hydrogens (tertiary/aromatic N) is 1. The molecule has 0 aromatic rings. The zero-order chi connectivity index (χ0) is 6.15. The summed E-state index contributed by atoms with van der Waals surface area (Å²) in [5.41, 5.74) is 2.50. The van der Waals surface area contributed by atoms with E-state index in [9.17, 15) is 0 Å². The summed E-state index contributed by atoms with van der Waals surface area (Å²) in [6.07, 6.45) is 0. The number of hydrazone groups is 1. The maximum absolute atomic E-state index is 7.07. The summed E-state index contributed by atoms with van der Waals surface area (Å²) in [5, 5.41) is 12.0. The van der Waals surface area contributed by atoms with Gasteiger partial charge >= 0.3 is 0 Å². The molecule has 0 aliphatic carbocycles. The summed E-state index contributed by atoms with van der Waals surface area (Å²) >= 11 is 4.86. The Morgan fingerprint density at radius 1 is 1.88 bits per heavy atom. The molecule has 0 radical (unpaired) electrons. The molecule has 0 spiro atoms. The molecule has 0 aromatic heterocycles. The molecule has 1 heterocycles. The number of hydrogen-bond donors (Lipinski definition) is 2. The van der Waals surface area contributed by atoms with Crippen molar-refractivity contribution in [2.45, 2.75) is 6.92 Å². The van der Waals surface area contributed by atoms with Gasteiger partial charge in [-0.25, -0.2) is 0 Å². The van der Waals surface area contributed by atoms with Gasteiger partial charge in [0.05, 0.1) is 0 Å². The highest BCUT2D eigenvalue weighted by Gasteiger charge is 2.11. The quantitative estimate of drug-likeness (QED) is 0.504. The van der Waals surface area contributed by atoms with E-state index in [1.807, 2.05) is 6.92 Å². The van der Waals surface area contributed by atoms with Gasteiger partial charge in [-0.2, -0.15) is 5.10 Å². The lowest BCUT2D eigenvalue weighted by Gasteiger charge is -1.87. The Balaban J connectivity index is 2.89. The van der Waals surface area contributed by atoms with Gasteiger partial charge in [-0.15, -0.1) is 0 Å². The van der Waals surface area contributed by atoms with Gasteiger partial charge in [-0.05, 0) is 27.6 Å². The Morgan fingerprint density at radius 2 is 2.50 bits per heavy atom. The summed E-state index contributed by atoms with van der Waals surface area (Å²) in [5.74, 6) is 0. The predicted molar refractivity (Wildman–Crippen MR) is 38.7 cm³/mol. The smallest absolute Gasteiger partial charge is 0.184 e. The van der Waals surface area contributed by atoms with Gasteiger partial charge < -0.3 is 0 Å². The first-order valence-corrected chi connectivity index (χ1v) is 4.17. The van der Waals surface area contributed by atoms with E-state index in [0.29, 0.717) is 5.17 Å². The largest absolute Gasteiger partial charge is 0.277 e.